The Hall–Kier alpha value is -0.970. The van der Waals surface area contributed by atoms with Gasteiger partial charge in [-0.15, -0.1) is 0 Å². The van der Waals surface area contributed by atoms with Gasteiger partial charge in [-0.25, -0.2) is 9.97 Å². The van der Waals surface area contributed by atoms with E-state index in [1.54, 1.807) is 11.8 Å². The van der Waals surface area contributed by atoms with Crippen LogP contribution >= 0.6 is 11.8 Å². The summed E-state index contributed by atoms with van der Waals surface area (Å²) in [7, 11) is 0. The molecule has 4 nitrogen and oxygen atoms in total. The summed E-state index contributed by atoms with van der Waals surface area (Å²) in [6.45, 7) is 6.37. The van der Waals surface area contributed by atoms with Crippen LogP contribution in [-0.4, -0.2) is 35.4 Å². The van der Waals surface area contributed by atoms with Crippen LogP contribution in [0.3, 0.4) is 0 Å². The van der Waals surface area contributed by atoms with Crippen molar-refractivity contribution in [3.63, 3.8) is 0 Å². The van der Waals surface area contributed by atoms with E-state index in [0.29, 0.717) is 6.04 Å². The number of nitrogens with one attached hydrogen (secondary N) is 1. The zero-order chi connectivity index (χ0) is 13.7. The monoisotopic (exact) mass is 280 g/mol. The molecule has 1 aromatic rings. The van der Waals surface area contributed by atoms with Gasteiger partial charge in [-0.2, -0.15) is 0 Å². The van der Waals surface area contributed by atoms with Gasteiger partial charge >= 0.3 is 0 Å². The van der Waals surface area contributed by atoms with E-state index in [-0.39, 0.29) is 0 Å². The van der Waals surface area contributed by atoms with Crippen LogP contribution in [0.2, 0.25) is 0 Å². The molecular weight excluding hydrogens is 256 g/mol. The fourth-order valence-corrected chi connectivity index (χ4v) is 3.02. The lowest BCUT2D eigenvalue weighted by atomic mass is 10.0. The first-order chi connectivity index (χ1) is 9.28. The Morgan fingerprint density at radius 2 is 2.21 bits per heavy atom. The Bertz CT molecular complexity index is 410. The minimum absolute atomic E-state index is 0.632. The van der Waals surface area contributed by atoms with Crippen LogP contribution in [0.25, 0.3) is 0 Å². The third-order valence-corrected chi connectivity index (χ3v) is 4.17. The molecule has 0 spiro atoms. The molecule has 1 aliphatic rings. The number of thioether (sulfide) groups is 1. The van der Waals surface area contributed by atoms with Crippen molar-refractivity contribution >= 4 is 23.4 Å². The van der Waals surface area contributed by atoms with Crippen LogP contribution in [0.4, 0.5) is 11.6 Å². The predicted molar refractivity (Wildman–Crippen MR) is 83.3 cm³/mol. The molecule has 1 atom stereocenters. The van der Waals surface area contributed by atoms with Gasteiger partial charge in [-0.3, -0.25) is 0 Å². The lowest BCUT2D eigenvalue weighted by Crippen LogP contribution is -2.39. The minimum Gasteiger partial charge on any atom is -0.370 e. The van der Waals surface area contributed by atoms with Crippen LogP contribution in [0.1, 0.15) is 39.5 Å². The Morgan fingerprint density at radius 1 is 1.37 bits per heavy atom. The molecule has 1 saturated heterocycles. The van der Waals surface area contributed by atoms with Crippen LogP contribution in [-0.2, 0) is 0 Å². The molecule has 0 radical (unpaired) electrons. The number of hydrogen-bond acceptors (Lipinski definition) is 5. The van der Waals surface area contributed by atoms with Crippen molar-refractivity contribution in [2.45, 2.75) is 50.7 Å². The lowest BCUT2D eigenvalue weighted by molar-refractivity contribution is 0.445. The van der Waals surface area contributed by atoms with Gasteiger partial charge in [-0.1, -0.05) is 18.7 Å². The maximum Gasteiger partial charge on any atom is 0.191 e. The fraction of sp³-hybridized carbons (Fsp3) is 0.714. The SMILES string of the molecule is CCNc1cc(N2CCCCC2CC)nc(SC)n1. The van der Waals surface area contributed by atoms with Crippen LogP contribution in [0.5, 0.6) is 0 Å². The van der Waals surface area contributed by atoms with E-state index in [4.69, 9.17) is 4.98 Å². The molecule has 2 rings (SSSR count). The lowest BCUT2D eigenvalue weighted by Gasteiger charge is -2.36. The molecule has 106 valence electrons. The van der Waals surface area contributed by atoms with Gasteiger partial charge < -0.3 is 10.2 Å². The largest absolute Gasteiger partial charge is 0.370 e. The molecule has 0 aliphatic carbocycles. The molecule has 1 fully saturated rings. The molecule has 5 heteroatoms. The second-order valence-corrected chi connectivity index (χ2v) is 5.65. The van der Waals surface area contributed by atoms with E-state index in [9.17, 15) is 0 Å². The van der Waals surface area contributed by atoms with Crippen molar-refractivity contribution in [2.75, 3.05) is 29.6 Å². The van der Waals surface area contributed by atoms with Crippen molar-refractivity contribution < 1.29 is 0 Å². The van der Waals surface area contributed by atoms with E-state index in [1.165, 1.54) is 25.7 Å². The molecule has 19 heavy (non-hydrogen) atoms. The van der Waals surface area contributed by atoms with Gasteiger partial charge in [0.2, 0.25) is 0 Å². The summed E-state index contributed by atoms with van der Waals surface area (Å²) >= 11 is 1.61. The van der Waals surface area contributed by atoms with Crippen molar-refractivity contribution in [1.82, 2.24) is 9.97 Å². The van der Waals surface area contributed by atoms with Gasteiger partial charge in [-0.05, 0) is 38.9 Å². The third-order valence-electron chi connectivity index (χ3n) is 3.63. The fourth-order valence-electron chi connectivity index (χ4n) is 2.65. The zero-order valence-corrected chi connectivity index (χ0v) is 13.0. The Kier molecular flexibility index (Phi) is 5.31. The normalized spacial score (nSPS) is 19.5. The number of rotatable bonds is 5. The standard InChI is InChI=1S/C14H24N4S/c1-4-11-8-6-7-9-18(11)13-10-12(15-5-2)16-14(17-13)19-3/h10-11H,4-9H2,1-3H3,(H,15,16,17). The maximum atomic E-state index is 4.69. The molecule has 1 aromatic heterocycles. The maximum absolute atomic E-state index is 4.69. The van der Waals surface area contributed by atoms with E-state index in [2.05, 4.69) is 35.1 Å². The number of nitrogens with zero attached hydrogens (tertiary/aromatic N) is 3. The van der Waals surface area contributed by atoms with Crippen molar-refractivity contribution in [3.8, 4) is 0 Å². The van der Waals surface area contributed by atoms with Gasteiger partial charge in [0.25, 0.3) is 0 Å². The van der Waals surface area contributed by atoms with Crippen LogP contribution < -0.4 is 10.2 Å². The van der Waals surface area contributed by atoms with Gasteiger partial charge in [0, 0.05) is 25.2 Å². The quantitative estimate of drug-likeness (QED) is 0.661. The summed E-state index contributed by atoms with van der Waals surface area (Å²) in [5.74, 6) is 2.03. The van der Waals surface area contributed by atoms with Crippen LogP contribution in [0.15, 0.2) is 11.2 Å². The highest BCUT2D eigenvalue weighted by Crippen LogP contribution is 2.27. The summed E-state index contributed by atoms with van der Waals surface area (Å²) in [6, 6.07) is 2.73. The molecule has 2 heterocycles. The molecular formula is C14H24N4S. The number of aromatic nitrogens is 2. The van der Waals surface area contributed by atoms with Crippen molar-refractivity contribution in [1.29, 1.82) is 0 Å². The highest BCUT2D eigenvalue weighted by molar-refractivity contribution is 7.98. The third kappa shape index (κ3) is 3.53. The average molecular weight is 280 g/mol. The molecule has 0 bridgehead atoms. The van der Waals surface area contributed by atoms with Crippen molar-refractivity contribution in [3.05, 3.63) is 6.07 Å². The summed E-state index contributed by atoms with van der Waals surface area (Å²) in [6.07, 6.45) is 7.12. The number of piperidine rings is 1. The summed E-state index contributed by atoms with van der Waals surface area (Å²) in [4.78, 5) is 11.7. The highest BCUT2D eigenvalue weighted by Gasteiger charge is 2.22. The first-order valence-corrected chi connectivity index (χ1v) is 8.44. The Morgan fingerprint density at radius 3 is 2.89 bits per heavy atom. The van der Waals surface area contributed by atoms with Gasteiger partial charge in [0.05, 0.1) is 0 Å². The molecule has 0 aromatic carbocycles. The predicted octanol–water partition coefficient (Wildman–Crippen LogP) is 3.40. The summed E-state index contributed by atoms with van der Waals surface area (Å²) < 4.78 is 0. The second kappa shape index (κ2) is 6.98. The van der Waals surface area contributed by atoms with Gasteiger partial charge in [0.1, 0.15) is 11.6 Å². The zero-order valence-electron chi connectivity index (χ0n) is 12.1. The smallest absolute Gasteiger partial charge is 0.191 e. The summed E-state index contributed by atoms with van der Waals surface area (Å²) in [5, 5.41) is 4.16. The van der Waals surface area contributed by atoms with Crippen LogP contribution in [0, 0.1) is 0 Å². The first kappa shape index (κ1) is 14.4. The van der Waals surface area contributed by atoms with E-state index in [0.717, 1.165) is 29.9 Å². The molecule has 1 unspecified atom stereocenters. The summed E-state index contributed by atoms with van der Waals surface area (Å²) in [5.41, 5.74) is 0. The topological polar surface area (TPSA) is 41.0 Å². The second-order valence-electron chi connectivity index (χ2n) is 4.88. The minimum atomic E-state index is 0.632. The molecule has 1 N–H and O–H groups in total. The first-order valence-electron chi connectivity index (χ1n) is 7.22. The van der Waals surface area contributed by atoms with E-state index >= 15 is 0 Å². The Balaban J connectivity index is 2.28. The highest BCUT2D eigenvalue weighted by atomic mass is 32.2. The molecule has 0 saturated carbocycles. The van der Waals surface area contributed by atoms with Crippen molar-refractivity contribution in [2.24, 2.45) is 0 Å². The number of hydrogen-bond donors (Lipinski definition) is 1. The van der Waals surface area contributed by atoms with Gasteiger partial charge in [0.15, 0.2) is 5.16 Å². The Labute approximate surface area is 120 Å². The molecule has 1 aliphatic heterocycles. The van der Waals surface area contributed by atoms with E-state index < -0.39 is 0 Å². The average Bonchev–Trinajstić information content (AvgIpc) is 2.47. The van der Waals surface area contributed by atoms with E-state index in [1.807, 2.05) is 6.26 Å². The molecule has 0 amide bonds. The number of anilines is 2.